The van der Waals surface area contributed by atoms with Gasteiger partial charge in [0.1, 0.15) is 11.6 Å². The molecule has 3 N–H and O–H groups in total. The monoisotopic (exact) mass is 250 g/mol. The van der Waals surface area contributed by atoms with Crippen molar-refractivity contribution in [3.05, 3.63) is 29.3 Å². The van der Waals surface area contributed by atoms with Crippen LogP contribution in [0.4, 0.5) is 0 Å². The maximum atomic E-state index is 7.54. The van der Waals surface area contributed by atoms with E-state index in [4.69, 9.17) is 20.6 Å². The molecule has 0 saturated carbocycles. The van der Waals surface area contributed by atoms with Crippen LogP contribution in [-0.4, -0.2) is 25.2 Å². The van der Waals surface area contributed by atoms with Crippen molar-refractivity contribution in [2.24, 2.45) is 5.73 Å². The lowest BCUT2D eigenvalue weighted by molar-refractivity contribution is 0.00538. The van der Waals surface area contributed by atoms with Crippen LogP contribution in [-0.2, 0) is 4.74 Å². The van der Waals surface area contributed by atoms with E-state index in [1.165, 1.54) is 0 Å². The number of aryl methyl sites for hydroxylation is 1. The molecule has 0 bridgehead atoms. The largest absolute Gasteiger partial charge is 0.492 e. The summed E-state index contributed by atoms with van der Waals surface area (Å²) >= 11 is 0. The number of hydrogen-bond acceptors (Lipinski definition) is 3. The van der Waals surface area contributed by atoms with E-state index in [9.17, 15) is 0 Å². The Morgan fingerprint density at radius 3 is 2.61 bits per heavy atom. The first-order chi connectivity index (χ1) is 8.37. The van der Waals surface area contributed by atoms with Crippen LogP contribution in [0.5, 0.6) is 5.75 Å². The maximum absolute atomic E-state index is 7.54. The highest BCUT2D eigenvalue weighted by atomic mass is 16.5. The Hall–Kier alpha value is -1.55. The summed E-state index contributed by atoms with van der Waals surface area (Å²) < 4.78 is 11.1. The molecule has 4 heteroatoms. The fraction of sp³-hybridized carbons (Fsp3) is 0.500. The summed E-state index contributed by atoms with van der Waals surface area (Å²) in [6, 6.07) is 5.62. The summed E-state index contributed by atoms with van der Waals surface area (Å²) in [6.45, 7) is 6.51. The van der Waals surface area contributed by atoms with Crippen molar-refractivity contribution in [2.75, 3.05) is 13.7 Å². The highest BCUT2D eigenvalue weighted by molar-refractivity contribution is 5.98. The van der Waals surface area contributed by atoms with Crippen molar-refractivity contribution in [1.82, 2.24) is 0 Å². The highest BCUT2D eigenvalue weighted by Gasteiger charge is 2.17. The van der Waals surface area contributed by atoms with Crippen LogP contribution in [0.3, 0.4) is 0 Å². The minimum atomic E-state index is -0.209. The average Bonchev–Trinajstić information content (AvgIpc) is 2.30. The Morgan fingerprint density at radius 2 is 2.06 bits per heavy atom. The van der Waals surface area contributed by atoms with Crippen molar-refractivity contribution in [3.63, 3.8) is 0 Å². The van der Waals surface area contributed by atoms with E-state index in [0.29, 0.717) is 17.9 Å². The fourth-order valence-electron chi connectivity index (χ4n) is 1.56. The second-order valence-electron chi connectivity index (χ2n) is 4.93. The van der Waals surface area contributed by atoms with Crippen LogP contribution in [0.25, 0.3) is 0 Å². The zero-order valence-corrected chi connectivity index (χ0v) is 11.5. The molecule has 0 unspecified atom stereocenters. The number of amidine groups is 1. The van der Waals surface area contributed by atoms with Gasteiger partial charge in [0.25, 0.3) is 0 Å². The molecule has 0 aliphatic heterocycles. The molecule has 18 heavy (non-hydrogen) atoms. The first-order valence-electron chi connectivity index (χ1n) is 5.99. The number of hydrogen-bond donors (Lipinski definition) is 2. The van der Waals surface area contributed by atoms with Crippen LogP contribution >= 0.6 is 0 Å². The molecule has 0 aliphatic rings. The second-order valence-corrected chi connectivity index (χ2v) is 4.93. The smallest absolute Gasteiger partial charge is 0.133 e. The zero-order valence-electron chi connectivity index (χ0n) is 11.5. The van der Waals surface area contributed by atoms with Gasteiger partial charge in [0, 0.05) is 13.5 Å². The fourth-order valence-corrected chi connectivity index (χ4v) is 1.56. The van der Waals surface area contributed by atoms with Crippen LogP contribution in [0, 0.1) is 12.3 Å². The molecule has 0 saturated heterocycles. The lowest BCUT2D eigenvalue weighted by atomic mass is 10.1. The Labute approximate surface area is 109 Å². The number of methoxy groups -OCH3 is 1. The molecule has 100 valence electrons. The van der Waals surface area contributed by atoms with Gasteiger partial charge in [-0.15, -0.1) is 0 Å². The maximum Gasteiger partial charge on any atom is 0.133 e. The molecule has 0 amide bonds. The van der Waals surface area contributed by atoms with Crippen molar-refractivity contribution < 1.29 is 9.47 Å². The van der Waals surface area contributed by atoms with E-state index in [1.54, 1.807) is 13.2 Å². The normalized spacial score (nSPS) is 11.3. The Kier molecular flexibility index (Phi) is 4.73. The molecule has 1 rings (SSSR count). The van der Waals surface area contributed by atoms with Crippen LogP contribution < -0.4 is 10.5 Å². The number of benzene rings is 1. The quantitative estimate of drug-likeness (QED) is 0.602. The van der Waals surface area contributed by atoms with E-state index in [2.05, 4.69) is 0 Å². The molecule has 0 atom stereocenters. The van der Waals surface area contributed by atoms with Crippen molar-refractivity contribution >= 4 is 5.84 Å². The van der Waals surface area contributed by atoms with Crippen molar-refractivity contribution in [1.29, 1.82) is 5.41 Å². The van der Waals surface area contributed by atoms with Gasteiger partial charge in [0.2, 0.25) is 0 Å². The van der Waals surface area contributed by atoms with Crippen LogP contribution in [0.2, 0.25) is 0 Å². The third-order valence-electron chi connectivity index (χ3n) is 3.01. The number of nitrogen functional groups attached to an aromatic ring is 1. The number of rotatable bonds is 6. The van der Waals surface area contributed by atoms with E-state index in [0.717, 1.165) is 12.0 Å². The van der Waals surface area contributed by atoms with E-state index < -0.39 is 0 Å². The first-order valence-corrected chi connectivity index (χ1v) is 5.99. The minimum Gasteiger partial charge on any atom is -0.492 e. The Bertz CT molecular complexity index is 428. The van der Waals surface area contributed by atoms with Gasteiger partial charge in [0.05, 0.1) is 17.8 Å². The molecule has 1 aromatic carbocycles. The van der Waals surface area contributed by atoms with Crippen LogP contribution in [0.15, 0.2) is 18.2 Å². The van der Waals surface area contributed by atoms with Crippen molar-refractivity contribution in [3.8, 4) is 5.75 Å². The molecule has 0 fully saturated rings. The van der Waals surface area contributed by atoms with E-state index >= 15 is 0 Å². The number of ether oxygens (including phenoxy) is 2. The van der Waals surface area contributed by atoms with Gasteiger partial charge in [-0.1, -0.05) is 12.1 Å². The Balaban J connectivity index is 2.76. The summed E-state index contributed by atoms with van der Waals surface area (Å²) in [6.07, 6.45) is 0.773. The summed E-state index contributed by atoms with van der Waals surface area (Å²) in [5.41, 5.74) is 6.96. The second kappa shape index (κ2) is 5.87. The number of para-hydroxylation sites is 1. The van der Waals surface area contributed by atoms with Crippen LogP contribution in [0.1, 0.15) is 31.4 Å². The molecule has 0 aliphatic carbocycles. The standard InChI is InChI=1S/C14H22N2O2/c1-10-6-5-7-11(13(15)16)12(10)18-9-8-14(2,3)17-4/h5-7H,8-9H2,1-4H3,(H3,15,16). The molecule has 0 radical (unpaired) electrons. The van der Waals surface area contributed by atoms with E-state index in [1.807, 2.05) is 32.9 Å². The Morgan fingerprint density at radius 1 is 1.39 bits per heavy atom. The minimum absolute atomic E-state index is 0.0275. The van der Waals surface area contributed by atoms with Gasteiger partial charge in [-0.3, -0.25) is 5.41 Å². The lowest BCUT2D eigenvalue weighted by Gasteiger charge is -2.23. The molecule has 0 heterocycles. The van der Waals surface area contributed by atoms with Gasteiger partial charge in [-0.05, 0) is 32.4 Å². The topological polar surface area (TPSA) is 68.3 Å². The average molecular weight is 250 g/mol. The number of nitrogens with one attached hydrogen (secondary N) is 1. The van der Waals surface area contributed by atoms with Crippen molar-refractivity contribution in [2.45, 2.75) is 32.8 Å². The summed E-state index contributed by atoms with van der Waals surface area (Å²) in [7, 11) is 1.69. The lowest BCUT2D eigenvalue weighted by Crippen LogP contribution is -2.25. The first kappa shape index (κ1) is 14.5. The highest BCUT2D eigenvalue weighted by Crippen LogP contribution is 2.24. The zero-order chi connectivity index (χ0) is 13.8. The molecular weight excluding hydrogens is 228 g/mol. The third kappa shape index (κ3) is 3.74. The molecule has 1 aromatic rings. The van der Waals surface area contributed by atoms with Gasteiger partial charge >= 0.3 is 0 Å². The third-order valence-corrected chi connectivity index (χ3v) is 3.01. The number of nitrogens with two attached hydrogens (primary N) is 1. The SMILES string of the molecule is COC(C)(C)CCOc1c(C)cccc1C(=N)N. The molecule has 0 aromatic heterocycles. The molecule has 0 spiro atoms. The molecule has 4 nitrogen and oxygen atoms in total. The van der Waals surface area contributed by atoms with Gasteiger partial charge in [-0.25, -0.2) is 0 Å². The summed E-state index contributed by atoms with van der Waals surface area (Å²) in [4.78, 5) is 0. The summed E-state index contributed by atoms with van der Waals surface area (Å²) in [5, 5.41) is 7.54. The van der Waals surface area contributed by atoms with Gasteiger partial charge in [-0.2, -0.15) is 0 Å². The van der Waals surface area contributed by atoms with Gasteiger partial charge in [0.15, 0.2) is 0 Å². The van der Waals surface area contributed by atoms with E-state index in [-0.39, 0.29) is 11.4 Å². The summed E-state index contributed by atoms with van der Waals surface area (Å²) in [5.74, 6) is 0.719. The molecular formula is C14H22N2O2. The predicted molar refractivity (Wildman–Crippen MR) is 73.4 cm³/mol. The predicted octanol–water partition coefficient (Wildman–Crippen LogP) is 2.47. The van der Waals surface area contributed by atoms with Gasteiger partial charge < -0.3 is 15.2 Å².